The van der Waals surface area contributed by atoms with Crippen LogP contribution in [0.2, 0.25) is 0 Å². The molecule has 3 aromatic rings. The maximum atomic E-state index is 11.7. The number of nitrogens with zero attached hydrogens (tertiary/aromatic N) is 2. The first-order valence-electron chi connectivity index (χ1n) is 19.2. The maximum Gasteiger partial charge on any atom is 0.339 e. The monoisotopic (exact) mass is 775 g/mol. The number of hydrogen-bond acceptors (Lipinski definition) is 8. The van der Waals surface area contributed by atoms with E-state index in [-0.39, 0.29) is 16.7 Å². The number of carbonyl (C=O) groups excluding carboxylic acids is 2. The number of aromatic carboxylic acids is 1. The molecule has 3 fully saturated rings. The van der Waals surface area contributed by atoms with E-state index in [1.165, 1.54) is 31.1 Å². The van der Waals surface area contributed by atoms with Crippen molar-refractivity contribution >= 4 is 40.8 Å². The number of aromatic nitrogens is 1. The molecule has 3 saturated carbocycles. The van der Waals surface area contributed by atoms with Crippen LogP contribution in [0.25, 0.3) is 11.3 Å². The zero-order valence-corrected chi connectivity index (χ0v) is 33.4. The van der Waals surface area contributed by atoms with Crippen molar-refractivity contribution in [3.05, 3.63) is 83.1 Å². The number of aliphatic hydroxyl groups is 1. The molecule has 0 radical (unpaired) electrons. The first-order valence-corrected chi connectivity index (χ1v) is 19.6. The molecule has 0 bridgehead atoms. The van der Waals surface area contributed by atoms with E-state index >= 15 is 0 Å². The molecule has 1 aliphatic heterocycles. The Balaban J connectivity index is 0.000000148. The number of benzene rings is 2. The molecule has 11 heteroatoms. The van der Waals surface area contributed by atoms with Crippen LogP contribution in [0.3, 0.4) is 0 Å². The van der Waals surface area contributed by atoms with Crippen LogP contribution < -0.4 is 10.1 Å². The van der Waals surface area contributed by atoms with Crippen LogP contribution in [0.1, 0.15) is 101 Å². The van der Waals surface area contributed by atoms with Gasteiger partial charge in [0.15, 0.2) is 5.78 Å². The van der Waals surface area contributed by atoms with Gasteiger partial charge < -0.3 is 29.6 Å². The lowest BCUT2D eigenvalue weighted by atomic mass is 9.50. The van der Waals surface area contributed by atoms with Crippen molar-refractivity contribution in [3.63, 3.8) is 0 Å². The van der Waals surface area contributed by atoms with Gasteiger partial charge in [0.2, 0.25) is 0 Å². The molecule has 3 N–H and O–H groups in total. The molecule has 6 atom stereocenters. The molecular formula is C45H49N3O7S. The van der Waals surface area contributed by atoms with Crippen molar-refractivity contribution in [2.45, 2.75) is 90.3 Å². The topological polar surface area (TPSA) is 151 Å². The van der Waals surface area contributed by atoms with E-state index in [2.05, 4.69) is 35.0 Å². The number of carbonyl (C=O) groups is 3. The fourth-order valence-corrected chi connectivity index (χ4v) is 10.3. The Morgan fingerprint density at radius 2 is 1.79 bits per heavy atom. The lowest BCUT2D eigenvalue weighted by molar-refractivity contribution is -0.131. The Morgan fingerprint density at radius 3 is 2.46 bits per heavy atom. The van der Waals surface area contributed by atoms with Crippen molar-refractivity contribution < 1.29 is 34.1 Å². The normalized spacial score (nSPS) is 27.8. The number of terminal acetylenes is 1. The van der Waals surface area contributed by atoms with Gasteiger partial charge in [-0.1, -0.05) is 36.6 Å². The van der Waals surface area contributed by atoms with Crippen molar-refractivity contribution in [3.8, 4) is 35.4 Å². The number of carboxylic acid groups (broad SMARTS) is 1. The van der Waals surface area contributed by atoms with Crippen LogP contribution >= 0.6 is 12.2 Å². The lowest BCUT2D eigenvalue weighted by Crippen LogP contribution is -2.52. The second-order valence-corrected chi connectivity index (χ2v) is 16.6. The first-order chi connectivity index (χ1) is 26.5. The molecule has 292 valence electrons. The van der Waals surface area contributed by atoms with E-state index in [0.717, 1.165) is 67.5 Å². The standard InChI is InChI=1S/C20H26O2.C16H15N3OS.C9H8O4/c1-3-20(22)11-9-18-17-6-4-13-12-14(21)5-7-15(13)16(17)8-10-19(18,20)2;1-16(2)12-8-10(4-6-13(12)18-15(21)20-16)14-7-5-11(9-17)19(14)3;1-6(10)13-8-5-3-2-4-7(8)9(11)12/h1,12,15-18,22H,4-11H2,2H3;4-8H,1-3H3,(H,18,21);2-5H,1H3,(H,11,12)/t15-,16+,17+,18-,19-,20-;;/m0../s1. The molecule has 0 saturated heterocycles. The summed E-state index contributed by atoms with van der Waals surface area (Å²) in [6.07, 6.45) is 15.7. The third-order valence-electron chi connectivity index (χ3n) is 12.8. The molecule has 8 rings (SSSR count). The molecule has 2 heterocycles. The minimum absolute atomic E-state index is 0.0160. The Bertz CT molecular complexity index is 2190. The number of thiocarbonyl (C=S) groups is 1. The molecule has 5 aliphatic rings. The van der Waals surface area contributed by atoms with Crippen molar-refractivity contribution in [1.82, 2.24) is 4.57 Å². The number of esters is 1. The minimum atomic E-state index is -1.11. The number of anilines is 1. The largest absolute Gasteiger partial charge is 0.478 e. The smallest absolute Gasteiger partial charge is 0.339 e. The number of allylic oxidation sites excluding steroid dienone is 1. The van der Waals surface area contributed by atoms with E-state index in [1.807, 2.05) is 55.8 Å². The summed E-state index contributed by atoms with van der Waals surface area (Å²) >= 11 is 5.12. The van der Waals surface area contributed by atoms with Gasteiger partial charge in [-0.3, -0.25) is 9.59 Å². The van der Waals surface area contributed by atoms with Crippen molar-refractivity contribution in [1.29, 1.82) is 5.26 Å². The minimum Gasteiger partial charge on any atom is -0.478 e. The molecule has 10 nitrogen and oxygen atoms in total. The van der Waals surface area contributed by atoms with Gasteiger partial charge in [-0.05, 0) is 143 Å². The van der Waals surface area contributed by atoms with E-state index in [9.17, 15) is 19.5 Å². The second-order valence-electron chi connectivity index (χ2n) is 16.3. The Kier molecular flexibility index (Phi) is 11.4. The fraction of sp³-hybridized carbons (Fsp3) is 0.444. The highest BCUT2D eigenvalue weighted by Crippen LogP contribution is 2.64. The predicted octanol–water partition coefficient (Wildman–Crippen LogP) is 8.33. The predicted molar refractivity (Wildman–Crippen MR) is 216 cm³/mol. The maximum absolute atomic E-state index is 11.7. The summed E-state index contributed by atoms with van der Waals surface area (Å²) in [6.45, 7) is 7.44. The molecule has 0 unspecified atom stereocenters. The molecule has 2 aromatic carbocycles. The number of fused-ring (bicyclic) bond motifs is 6. The van der Waals surface area contributed by atoms with Crippen molar-refractivity contribution in [2.24, 2.45) is 36.1 Å². The van der Waals surface area contributed by atoms with E-state index in [4.69, 9.17) is 33.7 Å². The number of carboxylic acids is 1. The fourth-order valence-electron chi connectivity index (χ4n) is 9.97. The Labute approximate surface area is 333 Å². The number of nitriles is 1. The summed E-state index contributed by atoms with van der Waals surface area (Å²) in [4.78, 5) is 32.9. The van der Waals surface area contributed by atoms with Gasteiger partial charge in [0.25, 0.3) is 5.17 Å². The van der Waals surface area contributed by atoms with Crippen LogP contribution in [-0.4, -0.2) is 43.3 Å². The average Bonchev–Trinajstić information content (AvgIpc) is 3.66. The molecule has 0 amide bonds. The number of rotatable bonds is 3. The lowest BCUT2D eigenvalue weighted by Gasteiger charge is -2.54. The number of ketones is 1. The number of nitrogens with one attached hydrogen (secondary N) is 1. The van der Waals surface area contributed by atoms with Gasteiger partial charge in [0.05, 0.1) is 0 Å². The number of ether oxygens (including phenoxy) is 2. The Hall–Kier alpha value is -5.23. The Morgan fingerprint density at radius 1 is 1.04 bits per heavy atom. The quantitative estimate of drug-likeness (QED) is 0.103. The van der Waals surface area contributed by atoms with Crippen LogP contribution in [0.4, 0.5) is 5.69 Å². The van der Waals surface area contributed by atoms with Crippen LogP contribution in [0, 0.1) is 52.8 Å². The highest BCUT2D eigenvalue weighted by molar-refractivity contribution is 7.80. The zero-order valence-electron chi connectivity index (χ0n) is 32.6. The molecule has 0 spiro atoms. The number of para-hydroxylation sites is 1. The van der Waals surface area contributed by atoms with E-state index < -0.39 is 23.1 Å². The SMILES string of the molecule is C#C[C@]1(O)CC[C@H]2[C@@H]3CCC4=CC(=O)CC[C@@H]4[C@H]3CC[C@@]21C.CC(=O)Oc1ccccc1C(=O)O.Cn1c(C#N)ccc1-c1ccc2c(c1)C(C)(C)OC(=S)N2. The van der Waals surface area contributed by atoms with E-state index in [1.54, 1.807) is 12.1 Å². The molecule has 56 heavy (non-hydrogen) atoms. The third-order valence-corrected chi connectivity index (χ3v) is 13.0. The van der Waals surface area contributed by atoms with Gasteiger partial charge in [0.1, 0.15) is 34.3 Å². The summed E-state index contributed by atoms with van der Waals surface area (Å²) in [5.74, 6) is 4.08. The van der Waals surface area contributed by atoms with Gasteiger partial charge in [-0.15, -0.1) is 6.42 Å². The van der Waals surface area contributed by atoms with Crippen LogP contribution in [0.5, 0.6) is 5.75 Å². The summed E-state index contributed by atoms with van der Waals surface area (Å²) in [6, 6.07) is 18.0. The third kappa shape index (κ3) is 7.63. The average molecular weight is 776 g/mol. The second kappa shape index (κ2) is 15.7. The summed E-state index contributed by atoms with van der Waals surface area (Å²) < 4.78 is 12.3. The highest BCUT2D eigenvalue weighted by Gasteiger charge is 2.61. The van der Waals surface area contributed by atoms with Gasteiger partial charge in [-0.2, -0.15) is 5.26 Å². The first kappa shape index (κ1) is 40.4. The molecule has 1 aromatic heterocycles. The summed E-state index contributed by atoms with van der Waals surface area (Å²) in [5, 5.41) is 32.1. The van der Waals surface area contributed by atoms with E-state index in [0.29, 0.717) is 40.3 Å². The number of hydrogen-bond donors (Lipinski definition) is 3. The van der Waals surface area contributed by atoms with Crippen LogP contribution in [0.15, 0.2) is 66.2 Å². The summed E-state index contributed by atoms with van der Waals surface area (Å²) in [5.41, 5.74) is 4.62. The zero-order chi connectivity index (χ0) is 40.6. The van der Waals surface area contributed by atoms with Crippen LogP contribution in [-0.2, 0) is 27.0 Å². The van der Waals surface area contributed by atoms with Crippen molar-refractivity contribution in [2.75, 3.05) is 5.32 Å². The summed E-state index contributed by atoms with van der Waals surface area (Å²) in [7, 11) is 1.89. The van der Waals surface area contributed by atoms with Gasteiger partial charge in [0, 0.05) is 42.8 Å². The van der Waals surface area contributed by atoms with Gasteiger partial charge in [-0.25, -0.2) is 4.79 Å². The molecular weight excluding hydrogens is 727 g/mol. The van der Waals surface area contributed by atoms with Gasteiger partial charge >= 0.3 is 11.9 Å². The molecule has 4 aliphatic carbocycles. The highest BCUT2D eigenvalue weighted by atomic mass is 32.1.